The lowest BCUT2D eigenvalue weighted by molar-refractivity contribution is -0.143. The van der Waals surface area contributed by atoms with Gasteiger partial charge in [0.2, 0.25) is 0 Å². The standard InChI is InChI=1S/C25H16ClF6N3O2/c26-20-10-15(4-5-22(20)36)23(37)34-33-12-16-2-1-3-21-19(16)6-7-35(21)13-14-8-17(24(27,28)29)11-18(9-14)25(30,31)32/h1-12,36H,13H2,(H,34,37)/b33-12+. The molecule has 0 atom stereocenters. The minimum absolute atomic E-state index is 0.00846. The molecule has 4 aromatic rings. The first-order valence-electron chi connectivity index (χ1n) is 10.5. The molecule has 3 aromatic carbocycles. The molecule has 192 valence electrons. The average Bonchev–Trinajstić information content (AvgIpc) is 3.23. The molecular weight excluding hydrogens is 524 g/mol. The summed E-state index contributed by atoms with van der Waals surface area (Å²) < 4.78 is 80.7. The van der Waals surface area contributed by atoms with Gasteiger partial charge in [0.05, 0.1) is 22.4 Å². The summed E-state index contributed by atoms with van der Waals surface area (Å²) in [5.74, 6) is -0.773. The van der Waals surface area contributed by atoms with E-state index < -0.39 is 29.4 Å². The number of nitrogens with one attached hydrogen (secondary N) is 1. The van der Waals surface area contributed by atoms with Gasteiger partial charge in [0.25, 0.3) is 5.91 Å². The third-order valence-electron chi connectivity index (χ3n) is 5.43. The summed E-state index contributed by atoms with van der Waals surface area (Å²) in [7, 11) is 0. The van der Waals surface area contributed by atoms with Crippen molar-refractivity contribution in [3.63, 3.8) is 0 Å². The van der Waals surface area contributed by atoms with Gasteiger partial charge in [-0.2, -0.15) is 31.4 Å². The minimum atomic E-state index is -4.94. The zero-order chi connectivity index (χ0) is 27.0. The van der Waals surface area contributed by atoms with Gasteiger partial charge in [0.1, 0.15) is 5.75 Å². The third kappa shape index (κ3) is 5.88. The number of amides is 1. The third-order valence-corrected chi connectivity index (χ3v) is 5.73. The Bertz CT molecular complexity index is 1480. The van der Waals surface area contributed by atoms with E-state index in [4.69, 9.17) is 11.6 Å². The summed E-state index contributed by atoms with van der Waals surface area (Å²) in [5, 5.41) is 13.9. The SMILES string of the molecule is O=C(N/N=C/c1cccc2c1ccn2Cc1cc(C(F)(F)F)cc(C(F)(F)F)c1)c1ccc(O)c(Cl)c1. The molecule has 0 spiro atoms. The van der Waals surface area contributed by atoms with E-state index >= 15 is 0 Å². The second kappa shape index (κ2) is 9.81. The zero-order valence-corrected chi connectivity index (χ0v) is 19.3. The fourth-order valence-electron chi connectivity index (χ4n) is 3.68. The van der Waals surface area contributed by atoms with Crippen molar-refractivity contribution < 1.29 is 36.2 Å². The van der Waals surface area contributed by atoms with Gasteiger partial charge in [0, 0.05) is 34.8 Å². The number of benzene rings is 3. The molecule has 0 unspecified atom stereocenters. The molecule has 0 bridgehead atoms. The number of aromatic hydroxyl groups is 1. The summed E-state index contributed by atoms with van der Waals surface area (Å²) in [5.41, 5.74) is 0.616. The number of carbonyl (C=O) groups excluding carboxylic acids is 1. The summed E-state index contributed by atoms with van der Waals surface area (Å²) >= 11 is 5.79. The van der Waals surface area contributed by atoms with Crippen LogP contribution in [-0.2, 0) is 18.9 Å². The predicted molar refractivity (Wildman–Crippen MR) is 126 cm³/mol. The molecule has 0 fully saturated rings. The van der Waals surface area contributed by atoms with E-state index in [2.05, 4.69) is 10.5 Å². The highest BCUT2D eigenvalue weighted by Crippen LogP contribution is 2.36. The van der Waals surface area contributed by atoms with Gasteiger partial charge < -0.3 is 9.67 Å². The van der Waals surface area contributed by atoms with Crippen molar-refractivity contribution in [3.8, 4) is 5.75 Å². The number of hydrogen-bond acceptors (Lipinski definition) is 3. The van der Waals surface area contributed by atoms with E-state index in [1.165, 1.54) is 35.2 Å². The van der Waals surface area contributed by atoms with Gasteiger partial charge >= 0.3 is 12.4 Å². The van der Waals surface area contributed by atoms with Gasteiger partial charge in [-0.25, -0.2) is 5.43 Å². The van der Waals surface area contributed by atoms with Crippen LogP contribution < -0.4 is 5.43 Å². The molecular formula is C25H16ClF6N3O2. The van der Waals surface area contributed by atoms with Crippen LogP contribution in [0.1, 0.15) is 32.6 Å². The number of alkyl halides is 6. The number of halogens is 7. The molecule has 37 heavy (non-hydrogen) atoms. The lowest BCUT2D eigenvalue weighted by atomic mass is 10.0. The number of hydrogen-bond donors (Lipinski definition) is 2. The molecule has 12 heteroatoms. The molecule has 0 saturated heterocycles. The molecule has 0 radical (unpaired) electrons. The van der Waals surface area contributed by atoms with Gasteiger partial charge in [0.15, 0.2) is 0 Å². The van der Waals surface area contributed by atoms with Crippen molar-refractivity contribution in [2.75, 3.05) is 0 Å². The summed E-state index contributed by atoms with van der Waals surface area (Å²) in [6, 6.07) is 11.9. The van der Waals surface area contributed by atoms with Crippen LogP contribution in [0.4, 0.5) is 26.3 Å². The minimum Gasteiger partial charge on any atom is -0.506 e. The Morgan fingerprint density at radius 1 is 0.973 bits per heavy atom. The van der Waals surface area contributed by atoms with Crippen LogP contribution in [0, 0.1) is 0 Å². The number of rotatable bonds is 5. The lowest BCUT2D eigenvalue weighted by Crippen LogP contribution is -2.17. The van der Waals surface area contributed by atoms with E-state index in [0.29, 0.717) is 28.6 Å². The number of nitrogens with zero attached hydrogens (tertiary/aromatic N) is 2. The summed E-state index contributed by atoms with van der Waals surface area (Å²) in [4.78, 5) is 12.2. The van der Waals surface area contributed by atoms with E-state index in [0.717, 1.165) is 0 Å². The first-order chi connectivity index (χ1) is 17.3. The van der Waals surface area contributed by atoms with Gasteiger partial charge in [-0.1, -0.05) is 23.7 Å². The molecule has 0 aliphatic rings. The first-order valence-corrected chi connectivity index (χ1v) is 10.9. The highest BCUT2D eigenvalue weighted by atomic mass is 35.5. The molecule has 0 saturated carbocycles. The lowest BCUT2D eigenvalue weighted by Gasteiger charge is -2.15. The number of phenols is 1. The number of hydrazone groups is 1. The average molecular weight is 540 g/mol. The van der Waals surface area contributed by atoms with Crippen LogP contribution >= 0.6 is 11.6 Å². The maximum absolute atomic E-state index is 13.2. The van der Waals surface area contributed by atoms with Crippen molar-refractivity contribution in [2.24, 2.45) is 5.10 Å². The van der Waals surface area contributed by atoms with E-state index in [-0.39, 0.29) is 34.5 Å². The smallest absolute Gasteiger partial charge is 0.416 e. The number of phenolic OH excluding ortho intramolecular Hbond substituents is 1. The topological polar surface area (TPSA) is 66.6 Å². The molecule has 1 aromatic heterocycles. The van der Waals surface area contributed by atoms with Crippen molar-refractivity contribution in [1.29, 1.82) is 0 Å². The van der Waals surface area contributed by atoms with E-state index in [1.807, 2.05) is 0 Å². The first kappa shape index (κ1) is 26.1. The molecule has 2 N–H and O–H groups in total. The molecule has 4 rings (SSSR count). The van der Waals surface area contributed by atoms with Crippen molar-refractivity contribution in [2.45, 2.75) is 18.9 Å². The summed E-state index contributed by atoms with van der Waals surface area (Å²) in [6.45, 7) is -0.241. The van der Waals surface area contributed by atoms with Crippen LogP contribution in [-0.4, -0.2) is 21.8 Å². The maximum atomic E-state index is 13.2. The van der Waals surface area contributed by atoms with Crippen molar-refractivity contribution in [1.82, 2.24) is 9.99 Å². The molecule has 0 aliphatic carbocycles. The van der Waals surface area contributed by atoms with Gasteiger partial charge in [-0.3, -0.25) is 4.79 Å². The number of fused-ring (bicyclic) bond motifs is 1. The zero-order valence-electron chi connectivity index (χ0n) is 18.5. The second-order valence-electron chi connectivity index (χ2n) is 8.00. The normalized spacial score (nSPS) is 12.4. The largest absolute Gasteiger partial charge is 0.506 e. The molecule has 5 nitrogen and oxygen atoms in total. The highest BCUT2D eigenvalue weighted by molar-refractivity contribution is 6.32. The Hall–Kier alpha value is -3.99. The van der Waals surface area contributed by atoms with Crippen LogP contribution in [0.2, 0.25) is 5.02 Å². The monoisotopic (exact) mass is 539 g/mol. The van der Waals surface area contributed by atoms with Crippen LogP contribution in [0.5, 0.6) is 5.75 Å². The highest BCUT2D eigenvalue weighted by Gasteiger charge is 2.36. The Balaban J connectivity index is 1.59. The van der Waals surface area contributed by atoms with Crippen LogP contribution in [0.3, 0.4) is 0 Å². The van der Waals surface area contributed by atoms with E-state index in [1.54, 1.807) is 24.3 Å². The van der Waals surface area contributed by atoms with Gasteiger partial charge in [-0.05, 0) is 54.1 Å². The van der Waals surface area contributed by atoms with Crippen molar-refractivity contribution >= 4 is 34.6 Å². The fourth-order valence-corrected chi connectivity index (χ4v) is 3.86. The Labute approximate surface area is 210 Å². The van der Waals surface area contributed by atoms with Crippen molar-refractivity contribution in [3.05, 3.63) is 99.7 Å². The Kier molecular flexibility index (Phi) is 6.92. The second-order valence-corrected chi connectivity index (χ2v) is 8.41. The number of aromatic nitrogens is 1. The van der Waals surface area contributed by atoms with Crippen LogP contribution in [0.25, 0.3) is 10.9 Å². The maximum Gasteiger partial charge on any atom is 0.416 e. The Morgan fingerprint density at radius 3 is 2.27 bits per heavy atom. The summed E-state index contributed by atoms with van der Waals surface area (Å²) in [6.07, 6.45) is -6.99. The van der Waals surface area contributed by atoms with E-state index in [9.17, 15) is 36.2 Å². The molecule has 1 amide bonds. The number of carbonyl (C=O) groups is 1. The van der Waals surface area contributed by atoms with Gasteiger partial charge in [-0.15, -0.1) is 0 Å². The van der Waals surface area contributed by atoms with Crippen LogP contribution in [0.15, 0.2) is 72.0 Å². The predicted octanol–water partition coefficient (Wildman–Crippen LogP) is 6.85. The fraction of sp³-hybridized carbons (Fsp3) is 0.120. The quantitative estimate of drug-likeness (QED) is 0.165. The Morgan fingerprint density at radius 2 is 1.65 bits per heavy atom. The molecule has 1 heterocycles. The molecule has 0 aliphatic heterocycles.